The molecule has 0 radical (unpaired) electrons. The molecule has 0 amide bonds. The summed E-state index contributed by atoms with van der Waals surface area (Å²) in [5, 5.41) is 8.79. The monoisotopic (exact) mass is 281 g/mol. The lowest BCUT2D eigenvalue weighted by Gasteiger charge is -2.22. The molecule has 0 aliphatic rings. The topological polar surface area (TPSA) is 46.0 Å². The van der Waals surface area contributed by atoms with Crippen molar-refractivity contribution in [3.63, 3.8) is 0 Å². The van der Waals surface area contributed by atoms with Gasteiger partial charge in [0.05, 0.1) is 10.4 Å². The van der Waals surface area contributed by atoms with Crippen molar-refractivity contribution >= 4 is 26.8 Å². The summed E-state index contributed by atoms with van der Waals surface area (Å²) in [6.07, 6.45) is 1.12. The number of aryl methyl sites for hydroxylation is 2. The molecule has 2 rings (SSSR count). The molecule has 1 N–H and O–H groups in total. The van der Waals surface area contributed by atoms with Gasteiger partial charge >= 0.3 is 0 Å². The van der Waals surface area contributed by atoms with E-state index in [1.165, 1.54) is 4.70 Å². The van der Waals surface area contributed by atoms with E-state index in [0.29, 0.717) is 6.04 Å². The Labute approximate surface area is 118 Å². The number of aromatic nitrogens is 3. The Hall–Kier alpha value is -1.14. The molecule has 0 spiro atoms. The van der Waals surface area contributed by atoms with E-state index in [1.807, 2.05) is 18.7 Å². The van der Waals surface area contributed by atoms with E-state index in [4.69, 9.17) is 0 Å². The normalized spacial score (nSPS) is 13.4. The highest BCUT2D eigenvalue weighted by atomic mass is 32.1. The molecular weight excluding hydrogens is 258 g/mol. The Bertz CT molecular complexity index is 510. The van der Waals surface area contributed by atoms with Crippen molar-refractivity contribution in [2.45, 2.75) is 33.2 Å². The zero-order chi connectivity index (χ0) is 14.0. The molecule has 2 aromatic rings. The maximum Gasteiger partial charge on any atom is 0.185 e. The number of hydrogen-bond acceptors (Lipinski definition) is 5. The van der Waals surface area contributed by atoms with Gasteiger partial charge in [0.25, 0.3) is 0 Å². The van der Waals surface area contributed by atoms with Gasteiger partial charge in [-0.25, -0.2) is 9.67 Å². The molecule has 2 heterocycles. The third-order valence-electron chi connectivity index (χ3n) is 3.63. The highest BCUT2D eigenvalue weighted by Crippen LogP contribution is 2.27. The first-order valence-electron chi connectivity index (χ1n) is 6.77. The molecule has 0 aliphatic heterocycles. The number of fused-ring (bicyclic) bond motifs is 1. The van der Waals surface area contributed by atoms with E-state index >= 15 is 0 Å². The summed E-state index contributed by atoms with van der Waals surface area (Å²) in [5.41, 5.74) is 2.03. The molecular formula is C13H23N5S. The average Bonchev–Trinajstić information content (AvgIpc) is 2.91. The Balaban J connectivity index is 1.93. The van der Waals surface area contributed by atoms with Crippen LogP contribution in [-0.2, 0) is 7.05 Å². The summed E-state index contributed by atoms with van der Waals surface area (Å²) >= 11 is 1.69. The molecule has 0 aliphatic carbocycles. The summed E-state index contributed by atoms with van der Waals surface area (Å²) in [7, 11) is 4.11. The van der Waals surface area contributed by atoms with Crippen LogP contribution in [0.25, 0.3) is 10.3 Å². The van der Waals surface area contributed by atoms with Gasteiger partial charge in [0.15, 0.2) is 10.8 Å². The van der Waals surface area contributed by atoms with Crippen molar-refractivity contribution in [3.8, 4) is 0 Å². The summed E-state index contributed by atoms with van der Waals surface area (Å²) in [5.74, 6) is 0. The number of nitrogens with one attached hydrogen (secondary N) is 1. The molecule has 0 saturated carbocycles. The van der Waals surface area contributed by atoms with Crippen LogP contribution in [0.3, 0.4) is 0 Å². The highest BCUT2D eigenvalue weighted by Gasteiger charge is 2.12. The van der Waals surface area contributed by atoms with Gasteiger partial charge in [-0.1, -0.05) is 18.3 Å². The molecule has 0 aromatic carbocycles. The van der Waals surface area contributed by atoms with Crippen molar-refractivity contribution in [3.05, 3.63) is 5.69 Å². The van der Waals surface area contributed by atoms with Crippen LogP contribution in [0.4, 0.5) is 5.13 Å². The summed E-state index contributed by atoms with van der Waals surface area (Å²) in [6, 6.07) is 0.593. The SMILES string of the molecule is CCN(C)C(C)CCNc1nc2c(s1)c(C)nn2C. The molecule has 1 unspecified atom stereocenters. The standard InChI is InChI=1S/C13H23N5S/c1-6-17(4)9(2)7-8-14-13-15-12-11(19-13)10(3)16-18(12)5/h9H,6-8H2,1-5H3,(H,14,15). The minimum atomic E-state index is 0.593. The van der Waals surface area contributed by atoms with Gasteiger partial charge in [0.1, 0.15) is 0 Å². The van der Waals surface area contributed by atoms with Crippen LogP contribution in [-0.4, -0.2) is 45.8 Å². The molecule has 0 saturated heterocycles. The molecule has 1 atom stereocenters. The van der Waals surface area contributed by atoms with E-state index in [0.717, 1.165) is 36.0 Å². The summed E-state index contributed by atoms with van der Waals surface area (Å²) in [4.78, 5) is 6.94. The van der Waals surface area contributed by atoms with Crippen LogP contribution in [0.15, 0.2) is 0 Å². The van der Waals surface area contributed by atoms with E-state index in [9.17, 15) is 0 Å². The number of nitrogens with zero attached hydrogens (tertiary/aromatic N) is 4. The Morgan fingerprint density at radius 2 is 2.21 bits per heavy atom. The second-order valence-corrected chi connectivity index (χ2v) is 6.02. The number of thiazole rings is 1. The predicted octanol–water partition coefficient (Wildman–Crippen LogP) is 2.48. The molecule has 19 heavy (non-hydrogen) atoms. The zero-order valence-corrected chi connectivity index (χ0v) is 13.2. The Kier molecular flexibility index (Phi) is 4.42. The van der Waals surface area contributed by atoms with Crippen molar-refractivity contribution < 1.29 is 0 Å². The predicted molar refractivity (Wildman–Crippen MR) is 82.0 cm³/mol. The van der Waals surface area contributed by atoms with E-state index in [1.54, 1.807) is 11.3 Å². The zero-order valence-electron chi connectivity index (χ0n) is 12.4. The molecule has 106 valence electrons. The fourth-order valence-corrected chi connectivity index (χ4v) is 3.04. The van der Waals surface area contributed by atoms with Crippen molar-refractivity contribution in [2.24, 2.45) is 7.05 Å². The number of anilines is 1. The second-order valence-electron chi connectivity index (χ2n) is 5.02. The third kappa shape index (κ3) is 3.06. The smallest absolute Gasteiger partial charge is 0.185 e. The highest BCUT2D eigenvalue weighted by molar-refractivity contribution is 7.22. The Morgan fingerprint density at radius 1 is 1.47 bits per heavy atom. The molecule has 6 heteroatoms. The van der Waals surface area contributed by atoms with Gasteiger partial charge in [-0.2, -0.15) is 5.10 Å². The minimum Gasteiger partial charge on any atom is -0.361 e. The van der Waals surface area contributed by atoms with Crippen LogP contribution >= 0.6 is 11.3 Å². The minimum absolute atomic E-state index is 0.593. The van der Waals surface area contributed by atoms with E-state index in [2.05, 4.69) is 41.2 Å². The molecule has 0 fully saturated rings. The lowest BCUT2D eigenvalue weighted by Crippen LogP contribution is -2.30. The van der Waals surface area contributed by atoms with Gasteiger partial charge in [-0.05, 0) is 33.9 Å². The van der Waals surface area contributed by atoms with Crippen LogP contribution in [0.1, 0.15) is 26.0 Å². The fraction of sp³-hybridized carbons (Fsp3) is 0.692. The second kappa shape index (κ2) is 5.88. The first kappa shape index (κ1) is 14.3. The molecule has 5 nitrogen and oxygen atoms in total. The molecule has 0 bridgehead atoms. The van der Waals surface area contributed by atoms with Crippen LogP contribution < -0.4 is 5.32 Å². The lowest BCUT2D eigenvalue weighted by atomic mass is 10.2. The van der Waals surface area contributed by atoms with Gasteiger partial charge in [-0.15, -0.1) is 0 Å². The van der Waals surface area contributed by atoms with Crippen molar-refractivity contribution in [1.82, 2.24) is 19.7 Å². The quantitative estimate of drug-likeness (QED) is 0.883. The first-order valence-corrected chi connectivity index (χ1v) is 7.58. The van der Waals surface area contributed by atoms with Gasteiger partial charge in [-0.3, -0.25) is 0 Å². The van der Waals surface area contributed by atoms with Crippen LogP contribution in [0.2, 0.25) is 0 Å². The maximum absolute atomic E-state index is 4.59. The van der Waals surface area contributed by atoms with Gasteiger partial charge in [0, 0.05) is 19.6 Å². The maximum atomic E-state index is 4.59. The number of rotatable bonds is 6. The average molecular weight is 281 g/mol. The largest absolute Gasteiger partial charge is 0.361 e. The summed E-state index contributed by atoms with van der Waals surface area (Å²) < 4.78 is 3.03. The van der Waals surface area contributed by atoms with E-state index in [-0.39, 0.29) is 0 Å². The van der Waals surface area contributed by atoms with Gasteiger partial charge < -0.3 is 10.2 Å². The Morgan fingerprint density at radius 3 is 2.84 bits per heavy atom. The van der Waals surface area contributed by atoms with Crippen molar-refractivity contribution in [2.75, 3.05) is 25.5 Å². The van der Waals surface area contributed by atoms with Crippen LogP contribution in [0, 0.1) is 6.92 Å². The van der Waals surface area contributed by atoms with Crippen LogP contribution in [0.5, 0.6) is 0 Å². The summed E-state index contributed by atoms with van der Waals surface area (Å²) in [6.45, 7) is 8.53. The number of hydrogen-bond donors (Lipinski definition) is 1. The fourth-order valence-electron chi connectivity index (χ4n) is 2.08. The van der Waals surface area contributed by atoms with Gasteiger partial charge in [0.2, 0.25) is 0 Å². The van der Waals surface area contributed by atoms with Crippen molar-refractivity contribution in [1.29, 1.82) is 0 Å². The third-order valence-corrected chi connectivity index (χ3v) is 4.75. The van der Waals surface area contributed by atoms with E-state index < -0.39 is 0 Å². The molecule has 2 aromatic heterocycles. The first-order chi connectivity index (χ1) is 9.02. The lowest BCUT2D eigenvalue weighted by molar-refractivity contribution is 0.263.